The largest absolute Gasteiger partial charge is 0.634 e. The predicted octanol–water partition coefficient (Wildman–Crippen LogP) is 1.96. The van der Waals surface area contributed by atoms with Gasteiger partial charge in [0.15, 0.2) is 0 Å². The van der Waals surface area contributed by atoms with Crippen LogP contribution in [-0.2, 0) is 15.9 Å². The fraction of sp³-hybridized carbons (Fsp3) is 0.526. The number of aromatic hydroxyl groups is 1. The standard InChI is InChI=1S/C19H24BNO3/c1-2-14-11-13(9-10-18(14)22)12-17-19(23)24-20(21-17)15-5-3-6-16(20)8-4-7-15/h1,9-11,15-17,22H,3-8,12,21H2/t15?,16?,17-,20?/m0/s1. The molecule has 0 aromatic heterocycles. The Morgan fingerprint density at radius 2 is 1.92 bits per heavy atom. The number of terminal acetylenes is 1. The molecule has 4 nitrogen and oxygen atoms in total. The molecule has 3 fully saturated rings. The molecule has 4 rings (SSSR count). The number of quaternary nitrogens is 1. The number of carbonyl (C=O) groups excluding carboxylic acids is 1. The Bertz CT molecular complexity index is 689. The maximum atomic E-state index is 12.6. The molecule has 3 aliphatic rings. The molecule has 1 aromatic carbocycles. The van der Waals surface area contributed by atoms with E-state index < -0.39 is 6.48 Å². The first-order valence-corrected chi connectivity index (χ1v) is 9.16. The number of hydrogen-bond donors (Lipinski definition) is 2. The number of phenolic OH excluding ortho intramolecular Hbond substituents is 1. The van der Waals surface area contributed by atoms with Gasteiger partial charge in [-0.15, -0.1) is 6.42 Å². The summed E-state index contributed by atoms with van der Waals surface area (Å²) >= 11 is 0. The van der Waals surface area contributed by atoms with E-state index >= 15 is 0 Å². The summed E-state index contributed by atoms with van der Waals surface area (Å²) in [6, 6.07) is 5.08. The van der Waals surface area contributed by atoms with E-state index in [0.717, 1.165) is 5.56 Å². The van der Waals surface area contributed by atoms with Crippen LogP contribution in [-0.4, -0.2) is 23.6 Å². The number of carbonyl (C=O) groups is 1. The Hall–Kier alpha value is -1.93. The van der Waals surface area contributed by atoms with Crippen LogP contribution >= 0.6 is 0 Å². The molecule has 3 N–H and O–H groups in total. The number of nitrogens with two attached hydrogens (primary N) is 1. The normalized spacial score (nSPS) is 34.8. The lowest BCUT2D eigenvalue weighted by atomic mass is 9.28. The number of phenols is 1. The Labute approximate surface area is 142 Å². The third-order valence-electron chi connectivity index (χ3n) is 6.60. The fourth-order valence-electron chi connectivity index (χ4n) is 5.51. The Morgan fingerprint density at radius 3 is 2.54 bits per heavy atom. The highest BCUT2D eigenvalue weighted by Gasteiger charge is 2.59. The van der Waals surface area contributed by atoms with E-state index in [0.29, 0.717) is 23.6 Å². The molecular formula is C19H24BNO3. The fourth-order valence-corrected chi connectivity index (χ4v) is 5.51. The van der Waals surface area contributed by atoms with Crippen molar-refractivity contribution in [3.63, 3.8) is 0 Å². The predicted molar refractivity (Wildman–Crippen MR) is 92.5 cm³/mol. The van der Waals surface area contributed by atoms with E-state index in [-0.39, 0.29) is 17.8 Å². The Morgan fingerprint density at radius 1 is 1.25 bits per heavy atom. The summed E-state index contributed by atoms with van der Waals surface area (Å²) in [5.74, 6) is 3.66. The first kappa shape index (κ1) is 15.6. The number of benzene rings is 1. The summed E-state index contributed by atoms with van der Waals surface area (Å²) in [6.07, 6.45) is 13.4. The third kappa shape index (κ3) is 2.41. The minimum atomic E-state index is -1.09. The lowest BCUT2D eigenvalue weighted by Gasteiger charge is -2.50. The molecular weight excluding hydrogens is 301 g/mol. The van der Waals surface area contributed by atoms with Crippen molar-refractivity contribution >= 4 is 12.5 Å². The second-order valence-corrected chi connectivity index (χ2v) is 7.80. The van der Waals surface area contributed by atoms with Crippen LogP contribution in [0.4, 0.5) is 0 Å². The maximum absolute atomic E-state index is 12.6. The zero-order chi connectivity index (χ0) is 16.7. The summed E-state index contributed by atoms with van der Waals surface area (Å²) < 4.78 is 6.10. The molecule has 24 heavy (non-hydrogen) atoms. The number of rotatable bonds is 2. The van der Waals surface area contributed by atoms with Crippen LogP contribution in [0.2, 0.25) is 11.6 Å². The lowest BCUT2D eigenvalue weighted by Crippen LogP contribution is -3.04. The number of hydrogen-bond acceptors (Lipinski definition) is 3. The van der Waals surface area contributed by atoms with Gasteiger partial charge in [0, 0.05) is 6.42 Å². The zero-order valence-corrected chi connectivity index (χ0v) is 13.9. The van der Waals surface area contributed by atoms with E-state index in [1.54, 1.807) is 12.1 Å². The van der Waals surface area contributed by atoms with Gasteiger partial charge in [-0.05, 0) is 17.7 Å². The van der Waals surface area contributed by atoms with Crippen molar-refractivity contribution in [3.05, 3.63) is 29.3 Å². The topological polar surface area (TPSA) is 63.1 Å². The first-order chi connectivity index (χ1) is 11.6. The molecule has 0 unspecified atom stereocenters. The van der Waals surface area contributed by atoms with Crippen molar-refractivity contribution in [2.75, 3.05) is 0 Å². The highest BCUT2D eigenvalue weighted by atomic mass is 16.5. The second kappa shape index (κ2) is 5.86. The smallest absolute Gasteiger partial charge is 0.389 e. The molecule has 1 atom stereocenters. The molecule has 0 amide bonds. The van der Waals surface area contributed by atoms with E-state index in [2.05, 4.69) is 11.1 Å². The van der Waals surface area contributed by atoms with Crippen LogP contribution in [0.5, 0.6) is 5.75 Å². The van der Waals surface area contributed by atoms with Gasteiger partial charge in [-0.25, -0.2) is 0 Å². The van der Waals surface area contributed by atoms with Gasteiger partial charge in [-0.2, -0.15) is 0 Å². The van der Waals surface area contributed by atoms with Gasteiger partial charge in [-0.1, -0.05) is 62.1 Å². The van der Waals surface area contributed by atoms with Crippen LogP contribution in [0, 0.1) is 12.3 Å². The minimum absolute atomic E-state index is 0.0656. The average Bonchev–Trinajstić information content (AvgIpc) is 2.85. The first-order valence-electron chi connectivity index (χ1n) is 9.16. The van der Waals surface area contributed by atoms with E-state index in [9.17, 15) is 9.90 Å². The van der Waals surface area contributed by atoms with Crippen molar-refractivity contribution < 1.29 is 19.8 Å². The van der Waals surface area contributed by atoms with Crippen molar-refractivity contribution in [3.8, 4) is 18.1 Å². The monoisotopic (exact) mass is 325 g/mol. The van der Waals surface area contributed by atoms with Crippen LogP contribution < -0.4 is 5.23 Å². The maximum Gasteiger partial charge on any atom is 0.389 e. The highest BCUT2D eigenvalue weighted by Crippen LogP contribution is 2.51. The van der Waals surface area contributed by atoms with Gasteiger partial charge in [0.25, 0.3) is 0 Å². The van der Waals surface area contributed by atoms with Crippen molar-refractivity contribution in [2.45, 2.75) is 62.6 Å². The molecule has 3 aliphatic heterocycles. The Balaban J connectivity index is 1.56. The summed E-state index contributed by atoms with van der Waals surface area (Å²) in [4.78, 5) is 12.6. The van der Waals surface area contributed by atoms with Crippen molar-refractivity contribution in [1.29, 1.82) is 0 Å². The third-order valence-corrected chi connectivity index (χ3v) is 6.60. The van der Waals surface area contributed by atoms with Gasteiger partial charge < -0.3 is 15.0 Å². The highest BCUT2D eigenvalue weighted by molar-refractivity contribution is 6.71. The summed E-state index contributed by atoms with van der Waals surface area (Å²) in [5, 5.41) is 12.0. The summed E-state index contributed by atoms with van der Waals surface area (Å²) in [6.45, 7) is -1.09. The van der Waals surface area contributed by atoms with Crippen molar-refractivity contribution in [2.24, 2.45) is 0 Å². The van der Waals surface area contributed by atoms with Crippen LogP contribution in [0.25, 0.3) is 0 Å². The van der Waals surface area contributed by atoms with Gasteiger partial charge >= 0.3 is 12.5 Å². The summed E-state index contributed by atoms with van der Waals surface area (Å²) in [5.41, 5.74) is 1.46. The van der Waals surface area contributed by atoms with E-state index in [1.165, 1.54) is 38.5 Å². The molecule has 0 aliphatic carbocycles. The minimum Gasteiger partial charge on any atom is -0.634 e. The molecule has 2 bridgehead atoms. The molecule has 1 spiro atoms. The summed E-state index contributed by atoms with van der Waals surface area (Å²) in [7, 11) is 0. The SMILES string of the molecule is C#Cc1cc(C[C@@H]2[NH2+][B-]3(OC2=O)C2CCCC3CCC2)ccc1O. The van der Waals surface area contributed by atoms with E-state index in [1.807, 2.05) is 6.07 Å². The van der Waals surface area contributed by atoms with Gasteiger partial charge in [0.05, 0.1) is 5.56 Å². The average molecular weight is 325 g/mol. The van der Waals surface area contributed by atoms with Crippen LogP contribution in [0.1, 0.15) is 49.7 Å². The molecule has 0 radical (unpaired) electrons. The van der Waals surface area contributed by atoms with Crippen LogP contribution in [0.15, 0.2) is 18.2 Å². The van der Waals surface area contributed by atoms with Crippen LogP contribution in [0.3, 0.4) is 0 Å². The lowest BCUT2D eigenvalue weighted by molar-refractivity contribution is -0.559. The molecule has 0 saturated carbocycles. The second-order valence-electron chi connectivity index (χ2n) is 7.80. The molecule has 5 heteroatoms. The Kier molecular flexibility index (Phi) is 3.81. The molecule has 1 aromatic rings. The molecule has 3 saturated heterocycles. The molecule has 126 valence electrons. The van der Waals surface area contributed by atoms with Gasteiger partial charge in [0.2, 0.25) is 0 Å². The van der Waals surface area contributed by atoms with E-state index in [4.69, 9.17) is 11.1 Å². The zero-order valence-electron chi connectivity index (χ0n) is 13.9. The van der Waals surface area contributed by atoms with Crippen molar-refractivity contribution in [1.82, 2.24) is 0 Å². The molecule has 3 heterocycles. The van der Waals surface area contributed by atoms with Gasteiger partial charge in [-0.3, -0.25) is 4.79 Å². The quantitative estimate of drug-likeness (QED) is 0.645. The van der Waals surface area contributed by atoms with Gasteiger partial charge in [0.1, 0.15) is 11.8 Å².